The van der Waals surface area contributed by atoms with Crippen LogP contribution in [-0.2, 0) is 4.79 Å². The lowest BCUT2D eigenvalue weighted by atomic mass is 9.80. The van der Waals surface area contributed by atoms with Crippen LogP contribution in [-0.4, -0.2) is 23.9 Å². The lowest BCUT2D eigenvalue weighted by Gasteiger charge is -2.37. The second kappa shape index (κ2) is 12.8. The number of carbonyl (C=O) groups is 1. The SMILES string of the molecule is O=C1C(=C2C=CC([NH+](c3ccccc3)C3CCCCC3)C=C2)C([O-])=C1c1ccc(N(c2ccccc2)C2CCCCC2)cc1. The summed E-state index contributed by atoms with van der Waals surface area (Å²) < 4.78 is 0. The van der Waals surface area contributed by atoms with E-state index in [-0.39, 0.29) is 17.6 Å². The molecule has 0 aliphatic heterocycles. The third kappa shape index (κ3) is 5.59. The van der Waals surface area contributed by atoms with Crippen LogP contribution in [0.2, 0.25) is 0 Å². The van der Waals surface area contributed by atoms with Gasteiger partial charge in [-0.3, -0.25) is 9.69 Å². The molecule has 1 N–H and O–H groups in total. The molecule has 0 radical (unpaired) electrons. The van der Waals surface area contributed by atoms with Crippen molar-refractivity contribution in [3.63, 3.8) is 0 Å². The van der Waals surface area contributed by atoms with Gasteiger partial charge in [-0.1, -0.05) is 92.1 Å². The van der Waals surface area contributed by atoms with E-state index < -0.39 is 0 Å². The number of hydrogen-bond acceptors (Lipinski definition) is 3. The molecule has 0 bridgehead atoms. The van der Waals surface area contributed by atoms with Crippen molar-refractivity contribution >= 4 is 28.4 Å². The second-order valence-corrected chi connectivity index (χ2v) is 12.8. The Kier molecular flexibility index (Phi) is 8.35. The smallest absolute Gasteiger partial charge is 0.193 e. The molecular weight excluding hydrogens is 540 g/mol. The van der Waals surface area contributed by atoms with Gasteiger partial charge in [-0.2, -0.15) is 0 Å². The molecule has 4 aliphatic carbocycles. The summed E-state index contributed by atoms with van der Waals surface area (Å²) >= 11 is 0. The summed E-state index contributed by atoms with van der Waals surface area (Å²) in [5, 5.41) is 13.4. The van der Waals surface area contributed by atoms with Crippen molar-refractivity contribution in [3.8, 4) is 0 Å². The number of hydrogen-bond donors (Lipinski definition) is 1. The molecule has 4 nitrogen and oxygen atoms in total. The van der Waals surface area contributed by atoms with E-state index in [1.807, 2.05) is 24.3 Å². The molecule has 2 saturated carbocycles. The lowest BCUT2D eigenvalue weighted by Crippen LogP contribution is -3.14. The molecule has 0 aromatic heterocycles. The van der Waals surface area contributed by atoms with E-state index >= 15 is 0 Å². The van der Waals surface area contributed by atoms with E-state index in [1.54, 1.807) is 0 Å². The van der Waals surface area contributed by atoms with E-state index in [9.17, 15) is 9.90 Å². The first-order valence-electron chi connectivity index (χ1n) is 16.6. The van der Waals surface area contributed by atoms with Gasteiger partial charge in [-0.15, -0.1) is 0 Å². The molecule has 4 heteroatoms. The number of Topliss-reactive ketones (excluding diaryl/α,β-unsaturated/α-hetero) is 1. The fourth-order valence-electron chi connectivity index (χ4n) is 7.86. The molecule has 3 aromatic carbocycles. The predicted octanol–water partition coefficient (Wildman–Crippen LogP) is 7.15. The van der Waals surface area contributed by atoms with Crippen molar-refractivity contribution in [2.45, 2.75) is 82.3 Å². The first-order valence-corrected chi connectivity index (χ1v) is 16.6. The number of allylic oxidation sites excluding steroid dienone is 5. The lowest BCUT2D eigenvalue weighted by molar-refractivity contribution is -0.874. The number of anilines is 2. The zero-order chi connectivity index (χ0) is 29.9. The van der Waals surface area contributed by atoms with Gasteiger partial charge in [0.1, 0.15) is 11.7 Å². The number of ketones is 1. The van der Waals surface area contributed by atoms with Crippen molar-refractivity contribution in [2.75, 3.05) is 4.90 Å². The van der Waals surface area contributed by atoms with Crippen molar-refractivity contribution in [1.82, 2.24) is 0 Å². The van der Waals surface area contributed by atoms with Crippen LogP contribution in [0.5, 0.6) is 0 Å². The monoisotopic (exact) mass is 582 g/mol. The molecule has 0 saturated heterocycles. The molecule has 4 aliphatic rings. The van der Waals surface area contributed by atoms with E-state index in [0.29, 0.717) is 28.8 Å². The number of quaternary nitrogens is 1. The summed E-state index contributed by atoms with van der Waals surface area (Å²) in [6.45, 7) is 0. The highest BCUT2D eigenvalue weighted by atomic mass is 16.3. The Morgan fingerprint density at radius 1 is 0.636 bits per heavy atom. The number of para-hydroxylation sites is 2. The molecule has 1 unspecified atom stereocenters. The average Bonchev–Trinajstić information content (AvgIpc) is 3.09. The van der Waals surface area contributed by atoms with Crippen molar-refractivity contribution < 1.29 is 14.8 Å². The van der Waals surface area contributed by atoms with Crippen LogP contribution in [0, 0.1) is 0 Å². The number of carbonyl (C=O) groups excluding carboxylic acids is 1. The van der Waals surface area contributed by atoms with Crippen LogP contribution < -0.4 is 14.9 Å². The largest absolute Gasteiger partial charge is 0.871 e. The fraction of sp³-hybridized carbons (Fsp3) is 0.325. The Bertz CT molecular complexity index is 1570. The molecule has 3 aromatic rings. The number of benzene rings is 3. The maximum atomic E-state index is 13.4. The van der Waals surface area contributed by atoms with Gasteiger partial charge in [0.25, 0.3) is 0 Å². The molecule has 224 valence electrons. The van der Waals surface area contributed by atoms with E-state index in [1.165, 1.54) is 80.5 Å². The Balaban J connectivity index is 1.12. The highest BCUT2D eigenvalue weighted by Crippen LogP contribution is 2.39. The summed E-state index contributed by atoms with van der Waals surface area (Å²) in [6.07, 6.45) is 20.9. The first-order chi connectivity index (χ1) is 21.7. The van der Waals surface area contributed by atoms with Crippen LogP contribution in [0.4, 0.5) is 17.1 Å². The minimum absolute atomic E-state index is 0.141. The number of nitrogens with zero attached hydrogens (tertiary/aromatic N) is 1. The molecule has 0 amide bonds. The van der Waals surface area contributed by atoms with Crippen LogP contribution in [0.1, 0.15) is 69.8 Å². The fourth-order valence-corrected chi connectivity index (χ4v) is 7.86. The van der Waals surface area contributed by atoms with Gasteiger partial charge >= 0.3 is 0 Å². The van der Waals surface area contributed by atoms with Gasteiger partial charge < -0.3 is 10.0 Å². The van der Waals surface area contributed by atoms with Gasteiger partial charge in [0.05, 0.1) is 6.04 Å². The molecule has 0 spiro atoms. The second-order valence-electron chi connectivity index (χ2n) is 12.8. The van der Waals surface area contributed by atoms with Gasteiger partial charge in [0, 0.05) is 28.6 Å². The summed E-state index contributed by atoms with van der Waals surface area (Å²) in [6, 6.07) is 30.6. The van der Waals surface area contributed by atoms with Crippen LogP contribution >= 0.6 is 0 Å². The van der Waals surface area contributed by atoms with Crippen molar-refractivity contribution in [2.24, 2.45) is 0 Å². The Labute approximate surface area is 261 Å². The predicted molar refractivity (Wildman–Crippen MR) is 177 cm³/mol. The van der Waals surface area contributed by atoms with Gasteiger partial charge in [-0.25, -0.2) is 0 Å². The van der Waals surface area contributed by atoms with E-state index in [2.05, 4.69) is 89.8 Å². The third-order valence-corrected chi connectivity index (χ3v) is 10.1. The number of rotatable bonds is 7. The molecule has 44 heavy (non-hydrogen) atoms. The zero-order valence-electron chi connectivity index (χ0n) is 25.5. The highest BCUT2D eigenvalue weighted by Gasteiger charge is 2.34. The minimum atomic E-state index is -0.141. The minimum Gasteiger partial charge on any atom is -0.871 e. The standard InChI is InChI=1S/C40H42N2O2/c43-39-37(29-21-25-35(26-22-29)41(31-13-5-1-6-14-31)32-15-7-2-8-16-32)40(44)38(39)30-23-27-36(28-24-30)42(33-17-9-3-10-18-33)34-19-11-4-12-20-34/h1,3,5-6,9-10,13-14,17-18,21-28,32,34-35,43H,2,4,7-8,11-12,15-16,19-20H2. The zero-order valence-corrected chi connectivity index (χ0v) is 25.5. The molecule has 0 heterocycles. The van der Waals surface area contributed by atoms with Crippen LogP contribution in [0.3, 0.4) is 0 Å². The molecular formula is C40H42N2O2. The normalized spacial score (nSPS) is 21.8. The summed E-state index contributed by atoms with van der Waals surface area (Å²) in [7, 11) is 0. The summed E-state index contributed by atoms with van der Waals surface area (Å²) in [5.41, 5.74) is 5.68. The highest BCUT2D eigenvalue weighted by molar-refractivity contribution is 6.39. The Morgan fingerprint density at radius 2 is 1.20 bits per heavy atom. The van der Waals surface area contributed by atoms with Crippen molar-refractivity contribution in [1.29, 1.82) is 0 Å². The van der Waals surface area contributed by atoms with Crippen molar-refractivity contribution in [3.05, 3.63) is 132 Å². The quantitative estimate of drug-likeness (QED) is 0.301. The maximum Gasteiger partial charge on any atom is 0.193 e. The Hall–Kier alpha value is -4.15. The van der Waals surface area contributed by atoms with Gasteiger partial charge in [0.15, 0.2) is 5.78 Å². The molecule has 2 fully saturated rings. The molecule has 1 atom stereocenters. The van der Waals surface area contributed by atoms with Gasteiger partial charge in [-0.05, 0) is 98.2 Å². The maximum absolute atomic E-state index is 13.4. The Morgan fingerprint density at radius 3 is 1.82 bits per heavy atom. The topological polar surface area (TPSA) is 47.8 Å². The van der Waals surface area contributed by atoms with E-state index in [0.717, 1.165) is 11.3 Å². The van der Waals surface area contributed by atoms with Crippen LogP contribution in [0.25, 0.3) is 5.57 Å². The summed E-state index contributed by atoms with van der Waals surface area (Å²) in [5.74, 6) is -0.283. The van der Waals surface area contributed by atoms with Crippen LogP contribution in [0.15, 0.2) is 126 Å². The first kappa shape index (κ1) is 28.6. The number of nitrogens with one attached hydrogen (secondary N) is 1. The van der Waals surface area contributed by atoms with E-state index in [4.69, 9.17) is 0 Å². The van der Waals surface area contributed by atoms with Gasteiger partial charge in [0.2, 0.25) is 0 Å². The molecule has 7 rings (SSSR count). The third-order valence-electron chi connectivity index (χ3n) is 10.1. The average molecular weight is 583 g/mol. The summed E-state index contributed by atoms with van der Waals surface area (Å²) in [4.78, 5) is 17.4.